The van der Waals surface area contributed by atoms with Crippen molar-refractivity contribution in [1.29, 1.82) is 0 Å². The molecule has 0 aromatic heterocycles. The Morgan fingerprint density at radius 2 is 2.00 bits per heavy atom. The summed E-state index contributed by atoms with van der Waals surface area (Å²) in [5.41, 5.74) is 0.480. The molecule has 21 heavy (non-hydrogen) atoms. The van der Waals surface area contributed by atoms with Crippen molar-refractivity contribution >= 4 is 33.6 Å². The molecule has 0 aliphatic carbocycles. The molecule has 0 saturated carbocycles. The van der Waals surface area contributed by atoms with E-state index in [1.54, 1.807) is 18.2 Å². The van der Waals surface area contributed by atoms with Crippen LogP contribution in [0.1, 0.15) is 6.92 Å². The fourth-order valence-electron chi connectivity index (χ4n) is 1.45. The SMILES string of the molecule is CCOc1cc(Br)ccc1N/C(=C/C(=O)OC)C(=O)OC. The first-order chi connectivity index (χ1) is 10.0. The quantitative estimate of drug-likeness (QED) is 0.622. The Bertz CT molecular complexity index is 556. The number of esters is 2. The molecule has 0 atom stereocenters. The van der Waals surface area contributed by atoms with Crippen molar-refractivity contribution in [2.75, 3.05) is 26.1 Å². The van der Waals surface area contributed by atoms with Crippen molar-refractivity contribution in [3.8, 4) is 5.75 Å². The number of methoxy groups -OCH3 is 2. The molecule has 0 unspecified atom stereocenters. The highest BCUT2D eigenvalue weighted by atomic mass is 79.9. The minimum absolute atomic E-state index is 0.0485. The molecule has 0 fully saturated rings. The van der Waals surface area contributed by atoms with Crippen molar-refractivity contribution in [1.82, 2.24) is 0 Å². The van der Waals surface area contributed by atoms with Crippen molar-refractivity contribution in [2.24, 2.45) is 0 Å². The summed E-state index contributed by atoms with van der Waals surface area (Å²) < 4.78 is 15.4. The number of carbonyl (C=O) groups excluding carboxylic acids is 2. The van der Waals surface area contributed by atoms with Crippen LogP contribution in [-0.4, -0.2) is 32.8 Å². The Morgan fingerprint density at radius 1 is 1.29 bits per heavy atom. The Labute approximate surface area is 131 Å². The first-order valence-corrected chi connectivity index (χ1v) is 6.88. The first kappa shape index (κ1) is 17.0. The number of hydrogen-bond donors (Lipinski definition) is 1. The molecule has 0 aliphatic heterocycles. The Hall–Kier alpha value is -2.02. The van der Waals surface area contributed by atoms with E-state index in [9.17, 15) is 9.59 Å². The fourth-order valence-corrected chi connectivity index (χ4v) is 1.79. The molecule has 1 rings (SSSR count). The third-order valence-electron chi connectivity index (χ3n) is 2.38. The molecule has 0 heterocycles. The lowest BCUT2D eigenvalue weighted by Crippen LogP contribution is -2.16. The van der Waals surface area contributed by atoms with Gasteiger partial charge < -0.3 is 19.5 Å². The van der Waals surface area contributed by atoms with E-state index in [-0.39, 0.29) is 5.70 Å². The van der Waals surface area contributed by atoms with Gasteiger partial charge in [-0.2, -0.15) is 0 Å². The van der Waals surface area contributed by atoms with E-state index in [2.05, 4.69) is 30.7 Å². The van der Waals surface area contributed by atoms with Crippen LogP contribution in [0.2, 0.25) is 0 Å². The molecular weight excluding hydrogens is 342 g/mol. The molecule has 0 spiro atoms. The van der Waals surface area contributed by atoms with Crippen LogP contribution >= 0.6 is 15.9 Å². The molecule has 114 valence electrons. The van der Waals surface area contributed by atoms with Crippen LogP contribution in [0.5, 0.6) is 5.75 Å². The zero-order valence-corrected chi connectivity index (χ0v) is 13.5. The molecule has 7 heteroatoms. The fraction of sp³-hybridized carbons (Fsp3) is 0.286. The number of benzene rings is 1. The van der Waals surface area contributed by atoms with E-state index in [1.165, 1.54) is 14.2 Å². The van der Waals surface area contributed by atoms with Gasteiger partial charge in [-0.25, -0.2) is 9.59 Å². The van der Waals surface area contributed by atoms with E-state index < -0.39 is 11.9 Å². The molecule has 1 aromatic carbocycles. The summed E-state index contributed by atoms with van der Waals surface area (Å²) >= 11 is 3.34. The van der Waals surface area contributed by atoms with Crippen molar-refractivity contribution in [2.45, 2.75) is 6.92 Å². The van der Waals surface area contributed by atoms with Crippen LogP contribution in [0.4, 0.5) is 5.69 Å². The van der Waals surface area contributed by atoms with Gasteiger partial charge in [-0.1, -0.05) is 15.9 Å². The van der Waals surface area contributed by atoms with Gasteiger partial charge >= 0.3 is 11.9 Å². The second-order valence-corrected chi connectivity index (χ2v) is 4.69. The molecule has 1 aromatic rings. The second kappa shape index (κ2) is 8.31. The standard InChI is InChI=1S/C14H16BrNO5/c1-4-21-12-7-9(15)5-6-10(12)16-11(14(18)20-3)8-13(17)19-2/h5-8,16H,4H2,1-3H3/b11-8+. The van der Waals surface area contributed by atoms with Gasteiger partial charge in [0.05, 0.1) is 32.6 Å². The number of ether oxygens (including phenoxy) is 3. The topological polar surface area (TPSA) is 73.9 Å². The van der Waals surface area contributed by atoms with E-state index >= 15 is 0 Å². The number of hydrogen-bond acceptors (Lipinski definition) is 6. The van der Waals surface area contributed by atoms with E-state index in [4.69, 9.17) is 4.74 Å². The van der Waals surface area contributed by atoms with Crippen LogP contribution in [0.3, 0.4) is 0 Å². The number of nitrogens with one attached hydrogen (secondary N) is 1. The average Bonchev–Trinajstić information content (AvgIpc) is 2.48. The third kappa shape index (κ3) is 5.11. The largest absolute Gasteiger partial charge is 0.492 e. The second-order valence-electron chi connectivity index (χ2n) is 3.77. The molecule has 0 saturated heterocycles. The van der Waals surface area contributed by atoms with Gasteiger partial charge in [-0.3, -0.25) is 0 Å². The van der Waals surface area contributed by atoms with E-state index in [0.717, 1.165) is 10.5 Å². The Kier molecular flexibility index (Phi) is 6.74. The summed E-state index contributed by atoms with van der Waals surface area (Å²) in [5, 5.41) is 2.82. The smallest absolute Gasteiger partial charge is 0.354 e. The predicted octanol–water partition coefficient (Wildman–Crippen LogP) is 2.49. The monoisotopic (exact) mass is 357 g/mol. The minimum Gasteiger partial charge on any atom is -0.492 e. The van der Waals surface area contributed by atoms with Crippen molar-refractivity contribution in [3.63, 3.8) is 0 Å². The normalized spacial score (nSPS) is 10.8. The maximum Gasteiger partial charge on any atom is 0.354 e. The molecule has 6 nitrogen and oxygen atoms in total. The number of halogens is 1. The summed E-state index contributed by atoms with van der Waals surface area (Å²) in [7, 11) is 2.44. The molecular formula is C14H16BrNO5. The van der Waals surface area contributed by atoms with Gasteiger partial charge in [-0.15, -0.1) is 0 Å². The zero-order chi connectivity index (χ0) is 15.8. The van der Waals surface area contributed by atoms with Crippen LogP contribution in [0, 0.1) is 0 Å². The van der Waals surface area contributed by atoms with E-state index in [1.807, 2.05) is 6.92 Å². The zero-order valence-electron chi connectivity index (χ0n) is 11.9. The van der Waals surface area contributed by atoms with Crippen LogP contribution < -0.4 is 10.1 Å². The highest BCUT2D eigenvalue weighted by molar-refractivity contribution is 9.10. The van der Waals surface area contributed by atoms with Crippen LogP contribution in [0.25, 0.3) is 0 Å². The molecule has 1 N–H and O–H groups in total. The van der Waals surface area contributed by atoms with Gasteiger partial charge in [-0.05, 0) is 25.1 Å². The van der Waals surface area contributed by atoms with Gasteiger partial charge in [0.1, 0.15) is 11.4 Å². The average molecular weight is 358 g/mol. The molecule has 0 bridgehead atoms. The lowest BCUT2D eigenvalue weighted by molar-refractivity contribution is -0.138. The highest BCUT2D eigenvalue weighted by Crippen LogP contribution is 2.29. The molecule has 0 aliphatic rings. The summed E-state index contributed by atoms with van der Waals surface area (Å²) in [4.78, 5) is 23.0. The number of anilines is 1. The Morgan fingerprint density at radius 3 is 2.57 bits per heavy atom. The summed E-state index contributed by atoms with van der Waals surface area (Å²) in [5.74, 6) is -0.824. The van der Waals surface area contributed by atoms with Gasteiger partial charge in [0.15, 0.2) is 0 Å². The maximum absolute atomic E-state index is 11.7. The summed E-state index contributed by atoms with van der Waals surface area (Å²) in [6.07, 6.45) is 1.02. The summed E-state index contributed by atoms with van der Waals surface area (Å²) in [6, 6.07) is 5.24. The van der Waals surface area contributed by atoms with Crippen molar-refractivity contribution in [3.05, 3.63) is 34.4 Å². The van der Waals surface area contributed by atoms with Gasteiger partial charge in [0.2, 0.25) is 0 Å². The highest BCUT2D eigenvalue weighted by Gasteiger charge is 2.15. The maximum atomic E-state index is 11.7. The van der Waals surface area contributed by atoms with Gasteiger partial charge in [0, 0.05) is 4.47 Å². The molecule has 0 amide bonds. The van der Waals surface area contributed by atoms with Crippen molar-refractivity contribution < 1.29 is 23.8 Å². The lowest BCUT2D eigenvalue weighted by atomic mass is 10.2. The third-order valence-corrected chi connectivity index (χ3v) is 2.87. The first-order valence-electron chi connectivity index (χ1n) is 6.09. The van der Waals surface area contributed by atoms with E-state index in [0.29, 0.717) is 18.0 Å². The lowest BCUT2D eigenvalue weighted by Gasteiger charge is -2.14. The number of rotatable bonds is 6. The Balaban J connectivity index is 3.11. The minimum atomic E-state index is -0.689. The van der Waals surface area contributed by atoms with Crippen LogP contribution in [0.15, 0.2) is 34.4 Å². The van der Waals surface area contributed by atoms with Crippen LogP contribution in [-0.2, 0) is 19.1 Å². The number of carbonyl (C=O) groups is 2. The summed E-state index contributed by atoms with van der Waals surface area (Å²) in [6.45, 7) is 2.30. The van der Waals surface area contributed by atoms with Gasteiger partial charge in [0.25, 0.3) is 0 Å². The molecule has 0 radical (unpaired) electrons. The predicted molar refractivity (Wildman–Crippen MR) is 81.0 cm³/mol.